The second-order valence-corrected chi connectivity index (χ2v) is 9.24. The van der Waals surface area contributed by atoms with Gasteiger partial charge in [0.05, 0.1) is 25.4 Å². The van der Waals surface area contributed by atoms with Gasteiger partial charge in [0.1, 0.15) is 5.75 Å². The maximum Gasteiger partial charge on any atom is 0.338 e. The molecule has 0 saturated carbocycles. The maximum atomic E-state index is 12.0. The molecule has 5 nitrogen and oxygen atoms in total. The number of esters is 2. The van der Waals surface area contributed by atoms with Gasteiger partial charge in [-0.3, -0.25) is 4.79 Å². The first kappa shape index (κ1) is 30.1. The lowest BCUT2D eigenvalue weighted by Gasteiger charge is -2.14. The quantitative estimate of drug-likeness (QED) is 0.152. The van der Waals surface area contributed by atoms with Crippen LogP contribution >= 0.6 is 0 Å². The van der Waals surface area contributed by atoms with Crippen LogP contribution in [0.5, 0.6) is 5.75 Å². The average Bonchev–Trinajstić information content (AvgIpc) is 2.90. The third-order valence-electron chi connectivity index (χ3n) is 6.20. The number of carbonyl (C=O) groups is 2. The third-order valence-corrected chi connectivity index (χ3v) is 6.20. The fourth-order valence-electron chi connectivity index (χ4n) is 4.17. The Balaban J connectivity index is 2.06. The minimum atomic E-state index is -0.296. The molecule has 0 heterocycles. The first-order valence-corrected chi connectivity index (χ1v) is 13.9. The zero-order valence-electron chi connectivity index (χ0n) is 22.9. The lowest BCUT2D eigenvalue weighted by Crippen LogP contribution is -2.06. The highest BCUT2D eigenvalue weighted by Gasteiger charge is 2.11. The summed E-state index contributed by atoms with van der Waals surface area (Å²) in [6.45, 7) is 7.37. The summed E-state index contributed by atoms with van der Waals surface area (Å²) in [5.41, 5.74) is 2.80. The van der Waals surface area contributed by atoms with E-state index in [2.05, 4.69) is 25.1 Å². The molecule has 0 saturated heterocycles. The zero-order chi connectivity index (χ0) is 26.7. The van der Waals surface area contributed by atoms with Crippen LogP contribution in [0.3, 0.4) is 0 Å². The van der Waals surface area contributed by atoms with E-state index in [0.29, 0.717) is 25.2 Å². The first-order valence-electron chi connectivity index (χ1n) is 13.9. The maximum absolute atomic E-state index is 12.0. The fraction of sp³-hybridized carbons (Fsp3) is 0.500. The van der Waals surface area contributed by atoms with Crippen molar-refractivity contribution in [3.8, 4) is 5.75 Å². The number of rotatable bonds is 18. The van der Waals surface area contributed by atoms with Gasteiger partial charge in [-0.05, 0) is 69.2 Å². The van der Waals surface area contributed by atoms with Crippen LogP contribution < -0.4 is 4.74 Å². The van der Waals surface area contributed by atoms with Crippen LogP contribution in [0.15, 0.2) is 54.6 Å². The van der Waals surface area contributed by atoms with Gasteiger partial charge >= 0.3 is 11.9 Å². The Bertz CT molecular complexity index is 948. The van der Waals surface area contributed by atoms with Crippen LogP contribution in [0, 0.1) is 5.92 Å². The molecule has 0 aromatic heterocycles. The van der Waals surface area contributed by atoms with E-state index < -0.39 is 0 Å². The summed E-state index contributed by atoms with van der Waals surface area (Å²) in [6, 6.07) is 15.8. The van der Waals surface area contributed by atoms with Gasteiger partial charge in [0.25, 0.3) is 0 Å². The number of hydrogen-bond acceptors (Lipinski definition) is 5. The summed E-state index contributed by atoms with van der Waals surface area (Å²) in [6.07, 6.45) is 13.1. The molecule has 0 bridgehead atoms. The van der Waals surface area contributed by atoms with Crippen LogP contribution in [0.25, 0.3) is 6.08 Å². The van der Waals surface area contributed by atoms with E-state index in [1.54, 1.807) is 6.92 Å². The van der Waals surface area contributed by atoms with Crippen molar-refractivity contribution in [2.75, 3.05) is 19.8 Å². The molecular formula is C32H44O5. The lowest BCUT2D eigenvalue weighted by molar-refractivity contribution is -0.143. The number of allylic oxidation sites excluding steroid dienone is 1. The number of carbonyl (C=O) groups excluding carboxylic acids is 2. The molecule has 202 valence electrons. The lowest BCUT2D eigenvalue weighted by atomic mass is 9.92. The average molecular weight is 509 g/mol. The number of unbranched alkanes of at least 4 members (excludes halogenated alkanes) is 4. The molecular weight excluding hydrogens is 464 g/mol. The third kappa shape index (κ3) is 12.1. The molecule has 2 aromatic carbocycles. The van der Waals surface area contributed by atoms with Gasteiger partial charge < -0.3 is 14.2 Å². The monoisotopic (exact) mass is 508 g/mol. The summed E-state index contributed by atoms with van der Waals surface area (Å²) in [5, 5.41) is 0. The Labute approximate surface area is 223 Å². The predicted octanol–water partition coefficient (Wildman–Crippen LogP) is 7.82. The minimum absolute atomic E-state index is 0.130. The van der Waals surface area contributed by atoms with E-state index in [4.69, 9.17) is 14.2 Å². The fourth-order valence-corrected chi connectivity index (χ4v) is 4.17. The van der Waals surface area contributed by atoms with Gasteiger partial charge in [-0.15, -0.1) is 0 Å². The number of para-hydroxylation sites is 1. The molecule has 1 atom stereocenters. The topological polar surface area (TPSA) is 61.8 Å². The van der Waals surface area contributed by atoms with Crippen LogP contribution in [0.1, 0.15) is 93.6 Å². The summed E-state index contributed by atoms with van der Waals surface area (Å²) in [4.78, 5) is 23.7. The Kier molecular flexibility index (Phi) is 14.8. The normalized spacial score (nSPS) is 11.9. The van der Waals surface area contributed by atoms with E-state index in [9.17, 15) is 9.59 Å². The Morgan fingerprint density at radius 2 is 1.59 bits per heavy atom. The molecule has 1 unspecified atom stereocenters. The van der Waals surface area contributed by atoms with Crippen LogP contribution in [0.2, 0.25) is 0 Å². The highest BCUT2D eigenvalue weighted by atomic mass is 16.5. The Morgan fingerprint density at radius 3 is 2.32 bits per heavy atom. The summed E-state index contributed by atoms with van der Waals surface area (Å²) >= 11 is 0. The number of ether oxygens (including phenoxy) is 3. The van der Waals surface area contributed by atoms with Gasteiger partial charge in [-0.25, -0.2) is 4.79 Å². The summed E-state index contributed by atoms with van der Waals surface area (Å²) in [5.74, 6) is 0.772. The Hall–Kier alpha value is -3.08. The molecule has 0 N–H and O–H groups in total. The summed E-state index contributed by atoms with van der Waals surface area (Å²) in [7, 11) is 0. The molecule has 37 heavy (non-hydrogen) atoms. The van der Waals surface area contributed by atoms with E-state index in [-0.39, 0.29) is 17.9 Å². The van der Waals surface area contributed by atoms with E-state index in [1.165, 1.54) is 19.3 Å². The van der Waals surface area contributed by atoms with Crippen LogP contribution in [-0.2, 0) is 20.7 Å². The second kappa shape index (κ2) is 18.2. The molecule has 0 radical (unpaired) electrons. The van der Waals surface area contributed by atoms with E-state index in [1.807, 2.05) is 49.4 Å². The SMILES string of the molecule is CCCCCCOc1ccccc1C=CC(CCCCC(=O)OCC)Cc1ccc(C(=O)OCC)cc1. The van der Waals surface area contributed by atoms with Crippen molar-refractivity contribution in [1.82, 2.24) is 0 Å². The number of hydrogen-bond donors (Lipinski definition) is 0. The van der Waals surface area contributed by atoms with Crippen molar-refractivity contribution < 1.29 is 23.8 Å². The molecule has 0 amide bonds. The van der Waals surface area contributed by atoms with Crippen molar-refractivity contribution in [3.63, 3.8) is 0 Å². The Morgan fingerprint density at radius 1 is 0.838 bits per heavy atom. The van der Waals surface area contributed by atoms with Crippen molar-refractivity contribution in [1.29, 1.82) is 0 Å². The summed E-state index contributed by atoms with van der Waals surface area (Å²) < 4.78 is 16.2. The van der Waals surface area contributed by atoms with Crippen molar-refractivity contribution in [2.45, 2.75) is 78.6 Å². The first-order chi connectivity index (χ1) is 18.1. The standard InChI is InChI=1S/C32H44O5/c1-4-7-8-13-24-37-30-16-11-10-15-28(30)21-18-26(14-9-12-17-31(33)35-5-2)25-27-19-22-29(23-20-27)32(34)36-6-3/h10-11,15-16,18-23,26H,4-9,12-14,17,24-25H2,1-3H3. The van der Waals surface area contributed by atoms with Gasteiger partial charge in [0.2, 0.25) is 0 Å². The largest absolute Gasteiger partial charge is 0.493 e. The van der Waals surface area contributed by atoms with E-state index >= 15 is 0 Å². The molecule has 0 aliphatic carbocycles. The molecule has 2 aromatic rings. The van der Waals surface area contributed by atoms with Crippen molar-refractivity contribution in [2.24, 2.45) is 5.92 Å². The molecule has 5 heteroatoms. The highest BCUT2D eigenvalue weighted by Crippen LogP contribution is 2.24. The van der Waals surface area contributed by atoms with Gasteiger partial charge in [-0.1, -0.05) is 75.1 Å². The molecule has 0 aliphatic rings. The van der Waals surface area contributed by atoms with E-state index in [0.717, 1.165) is 55.6 Å². The molecule has 2 rings (SSSR count). The zero-order valence-corrected chi connectivity index (χ0v) is 22.9. The minimum Gasteiger partial charge on any atom is -0.493 e. The molecule has 0 aliphatic heterocycles. The number of benzene rings is 2. The van der Waals surface area contributed by atoms with Crippen molar-refractivity contribution in [3.05, 3.63) is 71.3 Å². The predicted molar refractivity (Wildman–Crippen MR) is 150 cm³/mol. The van der Waals surface area contributed by atoms with Gasteiger partial charge in [-0.2, -0.15) is 0 Å². The van der Waals surface area contributed by atoms with Crippen LogP contribution in [0.4, 0.5) is 0 Å². The molecule has 0 fully saturated rings. The smallest absolute Gasteiger partial charge is 0.338 e. The van der Waals surface area contributed by atoms with Gasteiger partial charge in [0.15, 0.2) is 0 Å². The second-order valence-electron chi connectivity index (χ2n) is 9.24. The molecule has 0 spiro atoms. The highest BCUT2D eigenvalue weighted by molar-refractivity contribution is 5.89. The van der Waals surface area contributed by atoms with Crippen molar-refractivity contribution >= 4 is 18.0 Å². The van der Waals surface area contributed by atoms with Gasteiger partial charge in [0, 0.05) is 12.0 Å². The van der Waals surface area contributed by atoms with Crippen LogP contribution in [-0.4, -0.2) is 31.8 Å².